The molecule has 5 nitrogen and oxygen atoms in total. The molecule has 0 saturated heterocycles. The molecule has 0 spiro atoms. The number of hydrogen-bond acceptors (Lipinski definition) is 4. The Morgan fingerprint density at radius 3 is 2.17 bits per heavy atom. The Labute approximate surface area is 211 Å². The summed E-state index contributed by atoms with van der Waals surface area (Å²) in [5, 5.41) is 12.7. The predicted molar refractivity (Wildman–Crippen MR) is 118 cm³/mol. The topological polar surface area (TPSA) is 73.3 Å². The van der Waals surface area contributed by atoms with Gasteiger partial charge in [-0.25, -0.2) is 8.60 Å². The molecule has 16 heteroatoms. The number of benzene rings is 2. The summed E-state index contributed by atoms with van der Waals surface area (Å²) in [6.07, 6.45) is -11.9. The fraction of sp³-hybridized carbons (Fsp3) is 0.200. The summed E-state index contributed by atoms with van der Waals surface area (Å²) in [6.45, 7) is 0. The number of carbonyl (C=O) groups is 1. The highest BCUT2D eigenvalue weighted by molar-refractivity contribution is 14.1. The van der Waals surface area contributed by atoms with Crippen molar-refractivity contribution in [3.63, 3.8) is 0 Å². The molecule has 0 aliphatic carbocycles. The number of anilines is 1. The molecule has 1 heterocycles. The van der Waals surface area contributed by atoms with Crippen LogP contribution in [0.15, 0.2) is 53.6 Å². The van der Waals surface area contributed by atoms with Crippen molar-refractivity contribution in [2.45, 2.75) is 28.7 Å². The SMILES string of the molecule is O=C(c1ccc2cccnc2c1)N([O-])c1c(I)cc(C(F)(C(F)(F)F)C(F)(F)F)cc1S(=O)C(F)F. The summed E-state index contributed by atoms with van der Waals surface area (Å²) in [7, 11) is -3.72. The molecule has 1 unspecified atom stereocenters. The maximum atomic E-state index is 14.6. The van der Waals surface area contributed by atoms with Crippen LogP contribution in [0.3, 0.4) is 0 Å². The number of fused-ring (bicyclic) bond motifs is 1. The average molecular weight is 655 g/mol. The van der Waals surface area contributed by atoms with E-state index in [1.54, 1.807) is 12.1 Å². The van der Waals surface area contributed by atoms with Gasteiger partial charge in [-0.3, -0.25) is 9.78 Å². The second-order valence-corrected chi connectivity index (χ2v) is 9.58. The molecule has 0 aliphatic heterocycles. The molecule has 0 bridgehead atoms. The van der Waals surface area contributed by atoms with Gasteiger partial charge in [0.05, 0.1) is 16.1 Å². The molecule has 1 aromatic heterocycles. The maximum Gasteiger partial charge on any atom is 0.435 e. The van der Waals surface area contributed by atoms with Crippen molar-refractivity contribution in [1.29, 1.82) is 0 Å². The van der Waals surface area contributed by atoms with Crippen LogP contribution in [-0.2, 0) is 16.5 Å². The zero-order valence-corrected chi connectivity index (χ0v) is 20.0. The molecule has 3 aromatic rings. The first kappa shape index (κ1) is 28.1. The maximum absolute atomic E-state index is 14.6. The standard InChI is InChI=1S/C20H9F9IN2O3S/c21-17(22)36(35)14-8-11(18(23,19(24,25)26)20(27,28)29)7-12(30)15(14)32(34)16(33)10-4-3-9-2-1-5-31-13(9)6-10/h1-8,17H/q-1. The Kier molecular flexibility index (Phi) is 7.63. The quantitative estimate of drug-likeness (QED) is 0.177. The number of pyridine rings is 1. The Morgan fingerprint density at radius 2 is 1.61 bits per heavy atom. The number of alkyl halides is 9. The Bertz CT molecular complexity index is 1330. The second-order valence-electron chi connectivity index (χ2n) is 7.03. The highest BCUT2D eigenvalue weighted by Gasteiger charge is 2.73. The molecule has 0 fully saturated rings. The number of halogens is 10. The van der Waals surface area contributed by atoms with Crippen LogP contribution in [0.1, 0.15) is 15.9 Å². The van der Waals surface area contributed by atoms with Crippen LogP contribution in [0.2, 0.25) is 0 Å². The second kappa shape index (κ2) is 9.77. The van der Waals surface area contributed by atoms with E-state index in [1.165, 1.54) is 12.3 Å². The first-order valence-corrected chi connectivity index (χ1v) is 11.5. The van der Waals surface area contributed by atoms with Gasteiger partial charge in [-0.1, -0.05) is 12.1 Å². The van der Waals surface area contributed by atoms with Crippen molar-refractivity contribution in [2.75, 3.05) is 5.06 Å². The van der Waals surface area contributed by atoms with Crippen molar-refractivity contribution in [2.24, 2.45) is 0 Å². The number of nitrogens with zero attached hydrogens (tertiary/aromatic N) is 2. The molecule has 1 amide bonds. The van der Waals surface area contributed by atoms with Gasteiger partial charge in [0.1, 0.15) is 10.8 Å². The number of aromatic nitrogens is 1. The van der Waals surface area contributed by atoms with E-state index in [0.717, 1.165) is 34.7 Å². The molecular weight excluding hydrogens is 646 g/mol. The Morgan fingerprint density at radius 1 is 1.00 bits per heavy atom. The summed E-state index contributed by atoms with van der Waals surface area (Å²) in [6, 6.07) is 6.29. The van der Waals surface area contributed by atoms with E-state index in [0.29, 0.717) is 5.39 Å². The molecule has 2 aromatic carbocycles. The lowest BCUT2D eigenvalue weighted by molar-refractivity contribution is -0.348. The van der Waals surface area contributed by atoms with Crippen LogP contribution in [0.25, 0.3) is 10.9 Å². The Balaban J connectivity index is 2.22. The third-order valence-corrected chi connectivity index (χ3v) is 6.72. The zero-order valence-electron chi connectivity index (χ0n) is 17.0. The lowest BCUT2D eigenvalue weighted by Gasteiger charge is -2.34. The van der Waals surface area contributed by atoms with Crippen molar-refractivity contribution >= 4 is 55.9 Å². The smallest absolute Gasteiger partial charge is 0.435 e. The van der Waals surface area contributed by atoms with E-state index in [2.05, 4.69) is 4.98 Å². The molecule has 0 N–H and O–H groups in total. The molecule has 3 rings (SSSR count). The summed E-state index contributed by atoms with van der Waals surface area (Å²) in [4.78, 5) is 15.1. The summed E-state index contributed by atoms with van der Waals surface area (Å²) < 4.78 is 131. The highest BCUT2D eigenvalue weighted by Crippen LogP contribution is 2.54. The van der Waals surface area contributed by atoms with Gasteiger partial charge in [0, 0.05) is 26.3 Å². The summed E-state index contributed by atoms with van der Waals surface area (Å²) >= 11 is 0.960. The van der Waals surface area contributed by atoms with E-state index < -0.39 is 71.3 Å². The largest absolute Gasteiger partial charge is 0.751 e. The predicted octanol–water partition coefficient (Wildman–Crippen LogP) is 6.60. The minimum absolute atomic E-state index is 0.0802. The average Bonchev–Trinajstić information content (AvgIpc) is 2.79. The van der Waals surface area contributed by atoms with Crippen LogP contribution >= 0.6 is 22.6 Å². The van der Waals surface area contributed by atoms with Crippen LogP contribution in [0.5, 0.6) is 0 Å². The van der Waals surface area contributed by atoms with E-state index in [4.69, 9.17) is 0 Å². The highest BCUT2D eigenvalue weighted by atomic mass is 127. The summed E-state index contributed by atoms with van der Waals surface area (Å²) in [5.41, 5.74) is -9.68. The lowest BCUT2D eigenvalue weighted by Crippen LogP contribution is -2.50. The van der Waals surface area contributed by atoms with Gasteiger partial charge in [0.25, 0.3) is 0 Å². The van der Waals surface area contributed by atoms with E-state index in [-0.39, 0.29) is 17.1 Å². The number of carbonyl (C=O) groups excluding carboxylic acids is 1. The normalized spacial score (nSPS) is 13.8. The van der Waals surface area contributed by atoms with Gasteiger partial charge in [0.15, 0.2) is 0 Å². The van der Waals surface area contributed by atoms with Gasteiger partial charge in [0.2, 0.25) is 5.91 Å². The lowest BCUT2D eigenvalue weighted by atomic mass is 9.94. The first-order valence-electron chi connectivity index (χ1n) is 9.22. The molecular formula is C20H9F9IN2O3S-. The van der Waals surface area contributed by atoms with E-state index in [9.17, 15) is 53.7 Å². The van der Waals surface area contributed by atoms with Crippen molar-refractivity contribution in [3.05, 3.63) is 68.6 Å². The number of hydroxylamine groups is 1. The molecule has 0 radical (unpaired) electrons. The van der Waals surface area contributed by atoms with Gasteiger partial charge < -0.3 is 10.3 Å². The van der Waals surface area contributed by atoms with Crippen molar-refractivity contribution in [3.8, 4) is 0 Å². The minimum atomic E-state index is -6.61. The van der Waals surface area contributed by atoms with Crippen LogP contribution in [-0.4, -0.2) is 33.2 Å². The van der Waals surface area contributed by atoms with Crippen LogP contribution < -0.4 is 5.06 Å². The van der Waals surface area contributed by atoms with E-state index in [1.807, 2.05) is 0 Å². The Hall–Kier alpha value is -2.47. The summed E-state index contributed by atoms with van der Waals surface area (Å²) in [5.74, 6) is -5.40. The minimum Gasteiger partial charge on any atom is -0.751 e. The zero-order chi connectivity index (χ0) is 27.2. The van der Waals surface area contributed by atoms with Gasteiger partial charge in [-0.05, 0) is 52.9 Å². The third kappa shape index (κ3) is 4.89. The number of amides is 1. The monoisotopic (exact) mass is 655 g/mol. The molecule has 36 heavy (non-hydrogen) atoms. The van der Waals surface area contributed by atoms with E-state index >= 15 is 0 Å². The molecule has 194 valence electrons. The number of rotatable bonds is 5. The fourth-order valence-corrected chi connectivity index (χ4v) is 4.97. The van der Waals surface area contributed by atoms with Crippen molar-refractivity contribution in [1.82, 2.24) is 4.98 Å². The van der Waals surface area contributed by atoms with Crippen LogP contribution in [0.4, 0.5) is 45.2 Å². The third-order valence-electron chi connectivity index (χ3n) is 4.83. The van der Waals surface area contributed by atoms with Gasteiger partial charge >= 0.3 is 23.8 Å². The fourth-order valence-electron chi connectivity index (χ4n) is 3.13. The van der Waals surface area contributed by atoms with Gasteiger partial charge in [-0.2, -0.15) is 35.1 Å². The van der Waals surface area contributed by atoms with Gasteiger partial charge in [-0.15, -0.1) is 0 Å². The van der Waals surface area contributed by atoms with Crippen LogP contribution in [0, 0.1) is 8.78 Å². The first-order chi connectivity index (χ1) is 16.5. The number of hydrogen-bond donors (Lipinski definition) is 0. The molecule has 1 atom stereocenters. The molecule has 0 aliphatic rings. The molecule has 0 saturated carbocycles. The van der Waals surface area contributed by atoms with Crippen molar-refractivity contribution < 1.29 is 48.5 Å².